The normalized spacial score (nSPS) is 12.7. The van der Waals surface area contributed by atoms with E-state index in [1.165, 1.54) is 12.3 Å². The third-order valence-corrected chi connectivity index (χ3v) is 5.19. The highest BCUT2D eigenvalue weighted by molar-refractivity contribution is 5.66. The van der Waals surface area contributed by atoms with Crippen LogP contribution in [0.4, 0.5) is 17.6 Å². The number of benzene rings is 2. The number of halogens is 4. The summed E-state index contributed by atoms with van der Waals surface area (Å²) in [7, 11) is 0. The topological polar surface area (TPSA) is 42.2 Å². The minimum atomic E-state index is -4.63. The molecule has 3 nitrogen and oxygen atoms in total. The first-order valence-corrected chi connectivity index (χ1v) is 10.9. The summed E-state index contributed by atoms with van der Waals surface area (Å²) in [5.41, 5.74) is 3.02. The Balaban J connectivity index is 1.93. The van der Waals surface area contributed by atoms with Gasteiger partial charge in [-0.05, 0) is 54.2 Å². The molecular formula is C27H25F4NO2. The van der Waals surface area contributed by atoms with E-state index < -0.39 is 29.6 Å². The molecule has 178 valence electrons. The van der Waals surface area contributed by atoms with Gasteiger partial charge in [0.1, 0.15) is 5.83 Å². The zero-order valence-corrected chi connectivity index (χ0v) is 18.6. The van der Waals surface area contributed by atoms with Crippen LogP contribution in [-0.4, -0.2) is 15.8 Å². The fourth-order valence-corrected chi connectivity index (χ4v) is 3.67. The maximum atomic E-state index is 13.9. The van der Waals surface area contributed by atoms with Crippen LogP contribution in [0.15, 0.2) is 95.2 Å². The number of aromatic hydroxyl groups is 1. The minimum absolute atomic E-state index is 0.224. The minimum Gasteiger partial charge on any atom is -0.503 e. The number of hydrogen-bond acceptors (Lipinski definition) is 2. The SMILES string of the molecule is CCC=C(C=C(F)CC(F)(F)F)CCc1cc(=O)c(O)cn1-c1cccc(-c2ccccc2)c1. The van der Waals surface area contributed by atoms with Crippen molar-refractivity contribution in [3.8, 4) is 22.6 Å². The van der Waals surface area contributed by atoms with Gasteiger partial charge >= 0.3 is 6.18 Å². The quantitative estimate of drug-likeness (QED) is 0.277. The number of aryl methyl sites for hydroxylation is 1. The van der Waals surface area contributed by atoms with Crippen LogP contribution in [0.3, 0.4) is 0 Å². The van der Waals surface area contributed by atoms with Gasteiger partial charge in [0.2, 0.25) is 5.43 Å². The molecule has 0 atom stereocenters. The summed E-state index contributed by atoms with van der Waals surface area (Å²) in [5, 5.41) is 10.1. The Labute approximate surface area is 195 Å². The molecule has 0 aliphatic rings. The maximum Gasteiger partial charge on any atom is 0.395 e. The van der Waals surface area contributed by atoms with Crippen molar-refractivity contribution >= 4 is 0 Å². The lowest BCUT2D eigenvalue weighted by atomic mass is 10.0. The second-order valence-corrected chi connectivity index (χ2v) is 7.87. The van der Waals surface area contributed by atoms with Crippen molar-refractivity contribution in [2.45, 2.75) is 38.8 Å². The number of pyridine rings is 1. The molecule has 0 saturated carbocycles. The van der Waals surface area contributed by atoms with Crippen molar-refractivity contribution in [2.75, 3.05) is 0 Å². The molecule has 1 aromatic heterocycles. The van der Waals surface area contributed by atoms with Gasteiger partial charge in [0.25, 0.3) is 0 Å². The molecule has 0 aliphatic heterocycles. The van der Waals surface area contributed by atoms with Crippen LogP contribution in [-0.2, 0) is 6.42 Å². The number of allylic oxidation sites excluding steroid dienone is 4. The monoisotopic (exact) mass is 471 g/mol. The van der Waals surface area contributed by atoms with E-state index in [1.807, 2.05) is 54.6 Å². The summed E-state index contributed by atoms with van der Waals surface area (Å²) in [5.74, 6) is -1.68. The van der Waals surface area contributed by atoms with Gasteiger partial charge in [-0.15, -0.1) is 0 Å². The molecule has 7 heteroatoms. The third kappa shape index (κ3) is 6.94. The molecule has 1 N–H and O–H groups in total. The Morgan fingerprint density at radius 3 is 2.41 bits per heavy atom. The molecular weight excluding hydrogens is 446 g/mol. The molecule has 0 aliphatic carbocycles. The number of nitrogens with zero attached hydrogens (tertiary/aromatic N) is 1. The van der Waals surface area contributed by atoms with E-state index in [-0.39, 0.29) is 12.8 Å². The van der Waals surface area contributed by atoms with Gasteiger partial charge in [-0.2, -0.15) is 13.2 Å². The van der Waals surface area contributed by atoms with Crippen molar-refractivity contribution in [1.29, 1.82) is 0 Å². The van der Waals surface area contributed by atoms with Gasteiger partial charge in [-0.3, -0.25) is 4.79 Å². The standard InChI is InChI=1S/C27H25F4NO2/c1-2-7-19(14-22(28)17-27(29,30)31)12-13-24-16-25(33)26(34)18-32(24)23-11-6-10-21(15-23)20-8-4-3-5-9-20/h3-11,14-16,18,34H,2,12-13,17H2,1H3. The Kier molecular flexibility index (Phi) is 8.10. The summed E-state index contributed by atoms with van der Waals surface area (Å²) >= 11 is 0. The molecule has 34 heavy (non-hydrogen) atoms. The van der Waals surface area contributed by atoms with E-state index in [4.69, 9.17) is 0 Å². The van der Waals surface area contributed by atoms with Crippen molar-refractivity contribution in [1.82, 2.24) is 4.57 Å². The average Bonchev–Trinajstić information content (AvgIpc) is 2.79. The molecule has 0 radical (unpaired) electrons. The fourth-order valence-electron chi connectivity index (χ4n) is 3.67. The van der Waals surface area contributed by atoms with Crippen molar-refractivity contribution in [2.24, 2.45) is 0 Å². The average molecular weight is 471 g/mol. The van der Waals surface area contributed by atoms with Gasteiger partial charge in [-0.25, -0.2) is 4.39 Å². The molecule has 0 spiro atoms. The van der Waals surface area contributed by atoms with Crippen LogP contribution >= 0.6 is 0 Å². The summed E-state index contributed by atoms with van der Waals surface area (Å²) in [6.07, 6.45) is -1.35. The largest absolute Gasteiger partial charge is 0.503 e. The van der Waals surface area contributed by atoms with Crippen molar-refractivity contribution < 1.29 is 22.7 Å². The molecule has 0 amide bonds. The number of alkyl halides is 3. The van der Waals surface area contributed by atoms with Crippen LogP contribution in [0.25, 0.3) is 16.8 Å². The molecule has 0 bridgehead atoms. The van der Waals surface area contributed by atoms with Crippen LogP contribution in [0.2, 0.25) is 0 Å². The predicted molar refractivity (Wildman–Crippen MR) is 126 cm³/mol. The Bertz CT molecular complexity index is 1240. The van der Waals surface area contributed by atoms with Crippen molar-refractivity contribution in [3.05, 3.63) is 106 Å². The second-order valence-electron chi connectivity index (χ2n) is 7.87. The first-order valence-electron chi connectivity index (χ1n) is 10.9. The highest BCUT2D eigenvalue weighted by Crippen LogP contribution is 2.27. The van der Waals surface area contributed by atoms with Gasteiger partial charge in [0, 0.05) is 17.4 Å². The molecule has 0 saturated heterocycles. The molecule has 3 rings (SSSR count). The lowest BCUT2D eigenvalue weighted by Gasteiger charge is -2.16. The second kappa shape index (κ2) is 11.0. The molecule has 0 unspecified atom stereocenters. The van der Waals surface area contributed by atoms with E-state index in [1.54, 1.807) is 17.6 Å². The molecule has 0 fully saturated rings. The lowest BCUT2D eigenvalue weighted by molar-refractivity contribution is -0.130. The van der Waals surface area contributed by atoms with E-state index in [2.05, 4.69) is 0 Å². The maximum absolute atomic E-state index is 13.9. The molecule has 1 heterocycles. The summed E-state index contributed by atoms with van der Waals surface area (Å²) in [6.45, 7) is 1.81. The van der Waals surface area contributed by atoms with Crippen LogP contribution in [0, 0.1) is 0 Å². The number of hydrogen-bond donors (Lipinski definition) is 1. The molecule has 3 aromatic rings. The molecule has 2 aromatic carbocycles. The Hall–Kier alpha value is -3.61. The number of aromatic nitrogens is 1. The Morgan fingerprint density at radius 2 is 1.74 bits per heavy atom. The van der Waals surface area contributed by atoms with Crippen LogP contribution < -0.4 is 5.43 Å². The summed E-state index contributed by atoms with van der Waals surface area (Å²) in [6, 6.07) is 18.5. The van der Waals surface area contributed by atoms with Gasteiger partial charge < -0.3 is 9.67 Å². The van der Waals surface area contributed by atoms with E-state index in [9.17, 15) is 27.5 Å². The first kappa shape index (κ1) is 25.0. The smallest absolute Gasteiger partial charge is 0.395 e. The van der Waals surface area contributed by atoms with E-state index >= 15 is 0 Å². The van der Waals surface area contributed by atoms with Crippen molar-refractivity contribution in [3.63, 3.8) is 0 Å². The Morgan fingerprint density at radius 1 is 1.03 bits per heavy atom. The zero-order valence-electron chi connectivity index (χ0n) is 18.6. The third-order valence-electron chi connectivity index (χ3n) is 5.19. The summed E-state index contributed by atoms with van der Waals surface area (Å²) in [4.78, 5) is 12.1. The predicted octanol–water partition coefficient (Wildman–Crippen LogP) is 7.28. The van der Waals surface area contributed by atoms with Crippen LogP contribution in [0.5, 0.6) is 5.75 Å². The van der Waals surface area contributed by atoms with Crippen LogP contribution in [0.1, 0.15) is 31.9 Å². The lowest BCUT2D eigenvalue weighted by Crippen LogP contribution is -2.11. The highest BCUT2D eigenvalue weighted by Gasteiger charge is 2.29. The van der Waals surface area contributed by atoms with E-state index in [0.29, 0.717) is 23.4 Å². The number of rotatable bonds is 8. The van der Waals surface area contributed by atoms with Gasteiger partial charge in [-0.1, -0.05) is 55.5 Å². The highest BCUT2D eigenvalue weighted by atomic mass is 19.4. The fraction of sp³-hybridized carbons (Fsp3) is 0.222. The zero-order chi connectivity index (χ0) is 24.7. The van der Waals surface area contributed by atoms with Gasteiger partial charge in [0.15, 0.2) is 5.75 Å². The van der Waals surface area contributed by atoms with Gasteiger partial charge in [0.05, 0.1) is 12.6 Å². The van der Waals surface area contributed by atoms with E-state index in [0.717, 1.165) is 17.2 Å². The first-order chi connectivity index (χ1) is 16.2. The summed E-state index contributed by atoms with van der Waals surface area (Å²) < 4.78 is 53.1.